The Morgan fingerprint density at radius 1 is 1.21 bits per heavy atom. The molecule has 19 heavy (non-hydrogen) atoms. The van der Waals surface area contributed by atoms with Gasteiger partial charge in [0.2, 0.25) is 0 Å². The summed E-state index contributed by atoms with van der Waals surface area (Å²) in [5, 5.41) is 2.76. The van der Waals surface area contributed by atoms with Crippen LogP contribution in [0.1, 0.15) is 21.7 Å². The molecular formula is C14H12BrNO3. The van der Waals surface area contributed by atoms with E-state index < -0.39 is 5.63 Å². The van der Waals surface area contributed by atoms with Gasteiger partial charge in [0.1, 0.15) is 5.76 Å². The zero-order valence-electron chi connectivity index (χ0n) is 10.5. The van der Waals surface area contributed by atoms with Crippen LogP contribution in [0.15, 0.2) is 44.0 Å². The normalized spacial score (nSPS) is 10.3. The predicted molar refractivity (Wildman–Crippen MR) is 76.5 cm³/mol. The smallest absolute Gasteiger partial charge is 0.336 e. The lowest BCUT2D eigenvalue weighted by molar-refractivity contribution is 0.102. The van der Waals surface area contributed by atoms with Crippen molar-refractivity contribution in [2.45, 2.75) is 13.8 Å². The summed E-state index contributed by atoms with van der Waals surface area (Å²) >= 11 is 3.33. The number of hydrogen-bond donors (Lipinski definition) is 1. The molecule has 98 valence electrons. The van der Waals surface area contributed by atoms with Crippen molar-refractivity contribution in [3.63, 3.8) is 0 Å². The third kappa shape index (κ3) is 3.12. The molecule has 2 aromatic rings. The number of carbonyl (C=O) groups excluding carboxylic acids is 1. The molecule has 0 bridgehead atoms. The topological polar surface area (TPSA) is 59.3 Å². The van der Waals surface area contributed by atoms with Crippen molar-refractivity contribution in [2.75, 3.05) is 5.32 Å². The van der Waals surface area contributed by atoms with Crippen LogP contribution in [0.5, 0.6) is 0 Å². The van der Waals surface area contributed by atoms with Crippen LogP contribution in [0, 0.1) is 13.8 Å². The highest BCUT2D eigenvalue weighted by atomic mass is 79.9. The largest absolute Gasteiger partial charge is 0.427 e. The summed E-state index contributed by atoms with van der Waals surface area (Å²) in [6, 6.07) is 8.54. The minimum atomic E-state index is -0.449. The fourth-order valence-electron chi connectivity index (χ4n) is 1.82. The van der Waals surface area contributed by atoms with Crippen LogP contribution in [0.4, 0.5) is 5.69 Å². The first-order chi connectivity index (χ1) is 8.97. The van der Waals surface area contributed by atoms with E-state index in [0.717, 1.165) is 4.47 Å². The van der Waals surface area contributed by atoms with Gasteiger partial charge >= 0.3 is 5.63 Å². The SMILES string of the molecule is Cc1cc(=O)oc(C)c1C(=O)Nc1ccc(Br)cc1. The van der Waals surface area contributed by atoms with Crippen molar-refractivity contribution in [3.8, 4) is 0 Å². The van der Waals surface area contributed by atoms with Crippen LogP contribution in [-0.2, 0) is 0 Å². The molecule has 1 N–H and O–H groups in total. The van der Waals surface area contributed by atoms with Gasteiger partial charge in [-0.2, -0.15) is 0 Å². The first kappa shape index (κ1) is 13.5. The average Bonchev–Trinajstić information content (AvgIpc) is 2.30. The molecule has 2 rings (SSSR count). The summed E-state index contributed by atoms with van der Waals surface area (Å²) in [5.41, 5.74) is 1.22. The molecule has 0 aliphatic rings. The molecule has 0 fully saturated rings. The van der Waals surface area contributed by atoms with Crippen LogP contribution in [0.2, 0.25) is 0 Å². The van der Waals surface area contributed by atoms with Crippen LogP contribution in [0.3, 0.4) is 0 Å². The average molecular weight is 322 g/mol. The predicted octanol–water partition coefficient (Wildman–Crippen LogP) is 3.27. The van der Waals surface area contributed by atoms with Crippen molar-refractivity contribution in [1.29, 1.82) is 0 Å². The summed E-state index contributed by atoms with van der Waals surface area (Å²) < 4.78 is 5.88. The van der Waals surface area contributed by atoms with Crippen molar-refractivity contribution in [2.24, 2.45) is 0 Å². The quantitative estimate of drug-likeness (QED) is 0.923. The Bertz CT molecular complexity index is 648. The molecule has 1 amide bonds. The van der Waals surface area contributed by atoms with Crippen LogP contribution < -0.4 is 10.9 Å². The van der Waals surface area contributed by atoms with E-state index in [-0.39, 0.29) is 5.91 Å². The molecule has 0 saturated carbocycles. The number of rotatable bonds is 2. The monoisotopic (exact) mass is 321 g/mol. The van der Waals surface area contributed by atoms with Crippen molar-refractivity contribution >= 4 is 27.5 Å². The van der Waals surface area contributed by atoms with Gasteiger partial charge in [0.05, 0.1) is 5.56 Å². The fourth-order valence-corrected chi connectivity index (χ4v) is 2.09. The summed E-state index contributed by atoms with van der Waals surface area (Å²) in [5.74, 6) is 0.0284. The Morgan fingerprint density at radius 3 is 2.42 bits per heavy atom. The number of aryl methyl sites for hydroxylation is 2. The first-order valence-corrected chi connectivity index (χ1v) is 6.45. The lowest BCUT2D eigenvalue weighted by Crippen LogP contribution is -2.17. The van der Waals surface area contributed by atoms with Gasteiger partial charge in [-0.3, -0.25) is 4.79 Å². The molecule has 0 atom stereocenters. The molecule has 0 radical (unpaired) electrons. The second kappa shape index (κ2) is 5.40. The first-order valence-electron chi connectivity index (χ1n) is 5.65. The molecule has 1 heterocycles. The number of halogens is 1. The van der Waals surface area contributed by atoms with Crippen LogP contribution in [-0.4, -0.2) is 5.91 Å². The second-order valence-corrected chi connectivity index (χ2v) is 5.06. The summed E-state index contributed by atoms with van der Waals surface area (Å²) in [7, 11) is 0. The minimum Gasteiger partial charge on any atom is -0.427 e. The van der Waals surface area contributed by atoms with Gasteiger partial charge in [-0.1, -0.05) is 15.9 Å². The van der Waals surface area contributed by atoms with Crippen molar-refractivity contribution in [1.82, 2.24) is 0 Å². The van der Waals surface area contributed by atoms with E-state index in [1.807, 2.05) is 12.1 Å². The Hall–Kier alpha value is -1.88. The Balaban J connectivity index is 2.30. The van der Waals surface area contributed by atoms with Crippen molar-refractivity contribution in [3.05, 3.63) is 62.1 Å². The van der Waals surface area contributed by atoms with E-state index >= 15 is 0 Å². The van der Waals surface area contributed by atoms with E-state index in [1.165, 1.54) is 6.07 Å². The number of carbonyl (C=O) groups is 1. The highest BCUT2D eigenvalue weighted by Crippen LogP contribution is 2.17. The summed E-state index contributed by atoms with van der Waals surface area (Å²) in [4.78, 5) is 23.3. The van der Waals surface area contributed by atoms with E-state index in [4.69, 9.17) is 4.42 Å². The highest BCUT2D eigenvalue weighted by molar-refractivity contribution is 9.10. The molecule has 0 aliphatic heterocycles. The number of anilines is 1. The summed E-state index contributed by atoms with van der Waals surface area (Å²) in [6.07, 6.45) is 0. The third-order valence-corrected chi connectivity index (χ3v) is 3.19. The standard InChI is InChI=1S/C14H12BrNO3/c1-8-7-12(17)19-9(2)13(8)14(18)16-11-5-3-10(15)4-6-11/h3-7H,1-2H3,(H,16,18). The lowest BCUT2D eigenvalue weighted by atomic mass is 10.1. The molecule has 0 spiro atoms. The van der Waals surface area contributed by atoms with Crippen LogP contribution >= 0.6 is 15.9 Å². The van der Waals surface area contributed by atoms with E-state index in [0.29, 0.717) is 22.6 Å². The molecule has 4 nitrogen and oxygen atoms in total. The van der Waals surface area contributed by atoms with Crippen molar-refractivity contribution < 1.29 is 9.21 Å². The van der Waals surface area contributed by atoms with E-state index in [9.17, 15) is 9.59 Å². The maximum absolute atomic E-state index is 12.2. The van der Waals surface area contributed by atoms with Gasteiger partial charge in [0, 0.05) is 16.2 Å². The third-order valence-electron chi connectivity index (χ3n) is 2.66. The lowest BCUT2D eigenvalue weighted by Gasteiger charge is -2.09. The van der Waals surface area contributed by atoms with Gasteiger partial charge in [-0.05, 0) is 43.7 Å². The molecule has 1 aromatic carbocycles. The maximum atomic E-state index is 12.2. The maximum Gasteiger partial charge on any atom is 0.336 e. The van der Waals surface area contributed by atoms with Gasteiger partial charge in [0.25, 0.3) is 5.91 Å². The molecule has 5 heteroatoms. The van der Waals surface area contributed by atoms with Gasteiger partial charge in [-0.25, -0.2) is 4.79 Å². The summed E-state index contributed by atoms with van der Waals surface area (Å²) in [6.45, 7) is 3.31. The van der Waals surface area contributed by atoms with E-state index in [1.54, 1.807) is 26.0 Å². The molecule has 0 aliphatic carbocycles. The molecule has 0 unspecified atom stereocenters. The van der Waals surface area contributed by atoms with Gasteiger partial charge in [-0.15, -0.1) is 0 Å². The van der Waals surface area contributed by atoms with Crippen LogP contribution in [0.25, 0.3) is 0 Å². The van der Waals surface area contributed by atoms with E-state index in [2.05, 4.69) is 21.2 Å². The van der Waals surface area contributed by atoms with Gasteiger partial charge < -0.3 is 9.73 Å². The zero-order valence-corrected chi connectivity index (χ0v) is 12.1. The second-order valence-electron chi connectivity index (χ2n) is 4.14. The Kier molecular flexibility index (Phi) is 3.85. The molecule has 1 aromatic heterocycles. The fraction of sp³-hybridized carbons (Fsp3) is 0.143. The number of nitrogens with one attached hydrogen (secondary N) is 1. The minimum absolute atomic E-state index is 0.291. The Labute approximate surface area is 118 Å². The highest BCUT2D eigenvalue weighted by Gasteiger charge is 2.15. The zero-order chi connectivity index (χ0) is 14.0. The molecule has 0 saturated heterocycles. The number of benzene rings is 1. The number of hydrogen-bond acceptors (Lipinski definition) is 3. The number of amides is 1. The molecular weight excluding hydrogens is 310 g/mol. The van der Waals surface area contributed by atoms with Gasteiger partial charge in [0.15, 0.2) is 0 Å². The Morgan fingerprint density at radius 2 is 1.84 bits per heavy atom.